The van der Waals surface area contributed by atoms with Crippen LogP contribution in [0.5, 0.6) is 11.5 Å². The van der Waals surface area contributed by atoms with Gasteiger partial charge in [0.05, 0.1) is 4.47 Å². The molecule has 0 spiro atoms. The SMILES string of the molecule is Oc1ccc(O)c(Br)c1.P. The first-order chi connectivity index (χ1) is 4.20. The number of aromatic hydroxyl groups is 2. The summed E-state index contributed by atoms with van der Waals surface area (Å²) in [7, 11) is 0. The van der Waals surface area contributed by atoms with Crippen molar-refractivity contribution < 1.29 is 10.2 Å². The smallest absolute Gasteiger partial charge is 0.130 e. The maximum absolute atomic E-state index is 8.89. The predicted octanol–water partition coefficient (Wildman–Crippen LogP) is 1.92. The number of rotatable bonds is 0. The van der Waals surface area contributed by atoms with Gasteiger partial charge in [0.15, 0.2) is 0 Å². The van der Waals surface area contributed by atoms with Crippen LogP contribution in [0, 0.1) is 0 Å². The van der Waals surface area contributed by atoms with E-state index in [1.54, 1.807) is 0 Å². The maximum Gasteiger partial charge on any atom is 0.130 e. The van der Waals surface area contributed by atoms with Gasteiger partial charge in [-0.2, -0.15) is 9.90 Å². The Morgan fingerprint density at radius 1 is 1.20 bits per heavy atom. The van der Waals surface area contributed by atoms with Crippen LogP contribution in [0.4, 0.5) is 0 Å². The Morgan fingerprint density at radius 3 is 2.20 bits per heavy atom. The van der Waals surface area contributed by atoms with Crippen LogP contribution in [0.2, 0.25) is 0 Å². The second kappa shape index (κ2) is 3.79. The van der Waals surface area contributed by atoms with E-state index in [4.69, 9.17) is 10.2 Å². The minimum Gasteiger partial charge on any atom is -0.508 e. The molecular weight excluding hydrogens is 215 g/mol. The van der Waals surface area contributed by atoms with E-state index in [0.717, 1.165) is 0 Å². The van der Waals surface area contributed by atoms with Crippen molar-refractivity contribution in [1.82, 2.24) is 0 Å². The molecule has 1 unspecified atom stereocenters. The minimum absolute atomic E-state index is 0. The molecule has 0 heterocycles. The molecule has 10 heavy (non-hydrogen) atoms. The zero-order valence-corrected chi connectivity index (χ0v) is 8.21. The lowest BCUT2D eigenvalue weighted by Crippen LogP contribution is -1.66. The zero-order chi connectivity index (χ0) is 6.85. The van der Waals surface area contributed by atoms with E-state index in [0.29, 0.717) is 4.47 Å². The summed E-state index contributed by atoms with van der Waals surface area (Å²) in [5, 5.41) is 17.7. The molecule has 1 rings (SSSR count). The highest BCUT2D eigenvalue weighted by atomic mass is 79.9. The van der Waals surface area contributed by atoms with Crippen molar-refractivity contribution in [2.45, 2.75) is 0 Å². The van der Waals surface area contributed by atoms with Crippen LogP contribution in [0.1, 0.15) is 0 Å². The highest BCUT2D eigenvalue weighted by Crippen LogP contribution is 2.26. The van der Waals surface area contributed by atoms with Crippen LogP contribution in [0.3, 0.4) is 0 Å². The van der Waals surface area contributed by atoms with E-state index >= 15 is 0 Å². The normalized spacial score (nSPS) is 8.50. The van der Waals surface area contributed by atoms with Crippen LogP contribution in [0.15, 0.2) is 22.7 Å². The van der Waals surface area contributed by atoms with Crippen LogP contribution in [-0.2, 0) is 0 Å². The number of phenolic OH excluding ortho intramolecular Hbond substituents is 2. The van der Waals surface area contributed by atoms with Crippen molar-refractivity contribution in [2.24, 2.45) is 0 Å². The first kappa shape index (κ1) is 9.73. The van der Waals surface area contributed by atoms with Gasteiger partial charge < -0.3 is 10.2 Å². The molecule has 0 amide bonds. The molecule has 1 atom stereocenters. The lowest BCUT2D eigenvalue weighted by Gasteiger charge is -1.94. The van der Waals surface area contributed by atoms with Gasteiger partial charge in [0, 0.05) is 0 Å². The fourth-order valence-electron chi connectivity index (χ4n) is 0.496. The lowest BCUT2D eigenvalue weighted by atomic mass is 10.3. The van der Waals surface area contributed by atoms with Crippen molar-refractivity contribution >= 4 is 25.8 Å². The average molecular weight is 223 g/mol. The van der Waals surface area contributed by atoms with Gasteiger partial charge in [-0.05, 0) is 34.1 Å². The Bertz CT molecular complexity index is 227. The molecule has 2 nitrogen and oxygen atoms in total. The first-order valence-corrected chi connectivity index (χ1v) is 3.17. The topological polar surface area (TPSA) is 40.5 Å². The molecule has 0 saturated carbocycles. The Hall–Kier alpha value is -0.270. The van der Waals surface area contributed by atoms with E-state index in [-0.39, 0.29) is 21.4 Å². The summed E-state index contributed by atoms with van der Waals surface area (Å²) in [4.78, 5) is 0. The van der Waals surface area contributed by atoms with E-state index in [2.05, 4.69) is 15.9 Å². The molecule has 4 heteroatoms. The fraction of sp³-hybridized carbons (Fsp3) is 0. The second-order valence-corrected chi connectivity index (χ2v) is 2.49. The fourth-order valence-corrected chi connectivity index (χ4v) is 0.863. The standard InChI is InChI=1S/C6H5BrO2.H3P/c7-5-3-4(8)1-2-6(5)9;/h1-3,8-9H;1H3. The molecule has 0 saturated heterocycles. The van der Waals surface area contributed by atoms with Gasteiger partial charge in [-0.3, -0.25) is 0 Å². The van der Waals surface area contributed by atoms with E-state index in [9.17, 15) is 0 Å². The predicted molar refractivity (Wildman–Crippen MR) is 48.6 cm³/mol. The van der Waals surface area contributed by atoms with Gasteiger partial charge in [0.25, 0.3) is 0 Å². The monoisotopic (exact) mass is 222 g/mol. The van der Waals surface area contributed by atoms with Gasteiger partial charge in [-0.1, -0.05) is 0 Å². The summed E-state index contributed by atoms with van der Waals surface area (Å²) in [6.45, 7) is 0. The van der Waals surface area contributed by atoms with Gasteiger partial charge in [0.2, 0.25) is 0 Å². The summed E-state index contributed by atoms with van der Waals surface area (Å²) in [6.07, 6.45) is 0. The van der Waals surface area contributed by atoms with E-state index in [1.807, 2.05) is 0 Å². The molecule has 56 valence electrons. The Labute approximate surface area is 70.6 Å². The maximum atomic E-state index is 8.89. The molecule has 0 aromatic heterocycles. The van der Waals surface area contributed by atoms with Gasteiger partial charge in [-0.25, -0.2) is 0 Å². The zero-order valence-electron chi connectivity index (χ0n) is 5.21. The van der Waals surface area contributed by atoms with Crippen LogP contribution in [-0.4, -0.2) is 10.2 Å². The summed E-state index contributed by atoms with van der Waals surface area (Å²) in [5.41, 5.74) is 0. The van der Waals surface area contributed by atoms with Crippen molar-refractivity contribution in [2.75, 3.05) is 0 Å². The molecule has 0 fully saturated rings. The van der Waals surface area contributed by atoms with Crippen LogP contribution < -0.4 is 0 Å². The third-order valence-electron chi connectivity index (χ3n) is 0.931. The third kappa shape index (κ3) is 2.16. The number of halogens is 1. The molecule has 0 aliphatic heterocycles. The summed E-state index contributed by atoms with van der Waals surface area (Å²) in [5.74, 6) is 0.271. The number of benzene rings is 1. The quantitative estimate of drug-likeness (QED) is 0.521. The molecule has 1 aromatic rings. The highest BCUT2D eigenvalue weighted by Gasteiger charge is 1.95. The van der Waals surface area contributed by atoms with Crippen molar-refractivity contribution in [1.29, 1.82) is 0 Å². The van der Waals surface area contributed by atoms with Crippen LogP contribution in [0.25, 0.3) is 0 Å². The first-order valence-electron chi connectivity index (χ1n) is 2.37. The largest absolute Gasteiger partial charge is 0.508 e. The van der Waals surface area contributed by atoms with Crippen molar-refractivity contribution in [3.63, 3.8) is 0 Å². The molecular formula is C6H8BrO2P. The number of hydrogen-bond acceptors (Lipinski definition) is 2. The molecule has 0 aliphatic carbocycles. The Kier molecular flexibility index (Phi) is 3.69. The Morgan fingerprint density at radius 2 is 1.80 bits per heavy atom. The van der Waals surface area contributed by atoms with E-state index in [1.165, 1.54) is 18.2 Å². The summed E-state index contributed by atoms with van der Waals surface area (Å²) < 4.78 is 0.502. The minimum atomic E-state index is 0. The number of hydrogen-bond donors (Lipinski definition) is 2. The van der Waals surface area contributed by atoms with Crippen LogP contribution >= 0.6 is 25.8 Å². The molecule has 0 bridgehead atoms. The van der Waals surface area contributed by atoms with Gasteiger partial charge >= 0.3 is 0 Å². The van der Waals surface area contributed by atoms with Crippen molar-refractivity contribution in [3.05, 3.63) is 22.7 Å². The lowest BCUT2D eigenvalue weighted by molar-refractivity contribution is 0.457. The molecule has 1 aromatic carbocycles. The van der Waals surface area contributed by atoms with Crippen molar-refractivity contribution in [3.8, 4) is 11.5 Å². The summed E-state index contributed by atoms with van der Waals surface area (Å²) >= 11 is 3.04. The highest BCUT2D eigenvalue weighted by molar-refractivity contribution is 9.10. The number of phenols is 2. The third-order valence-corrected chi connectivity index (χ3v) is 1.57. The molecule has 2 N–H and O–H groups in total. The summed E-state index contributed by atoms with van der Waals surface area (Å²) in [6, 6.07) is 4.26. The van der Waals surface area contributed by atoms with Gasteiger partial charge in [-0.15, -0.1) is 0 Å². The van der Waals surface area contributed by atoms with E-state index < -0.39 is 0 Å². The second-order valence-electron chi connectivity index (χ2n) is 1.64. The average Bonchev–Trinajstić information content (AvgIpc) is 1.80. The Balaban J connectivity index is 0.000000810. The molecule has 0 aliphatic rings. The van der Waals surface area contributed by atoms with Gasteiger partial charge in [0.1, 0.15) is 11.5 Å². The molecule has 0 radical (unpaired) electrons.